The predicted molar refractivity (Wildman–Crippen MR) is 72.8 cm³/mol. The van der Waals surface area contributed by atoms with Crippen molar-refractivity contribution in [3.8, 4) is 0 Å². The first kappa shape index (κ1) is 15.2. The predicted octanol–water partition coefficient (Wildman–Crippen LogP) is 1.63. The van der Waals surface area contributed by atoms with E-state index in [2.05, 4.69) is 5.16 Å². The van der Waals surface area contributed by atoms with Crippen LogP contribution in [0.25, 0.3) is 0 Å². The molecule has 1 fully saturated rings. The standard InChI is InChI=1S/C14H17F2N3O2/c15-10-5-3-4-9(13(10)16)8-12(20)19-7-2-1-6-11(19)14(17)18-21/h3-5,11,21H,1-2,6-8H2,(H2,17,18). The van der Waals surface area contributed by atoms with Gasteiger partial charge in [0.15, 0.2) is 17.5 Å². The van der Waals surface area contributed by atoms with Gasteiger partial charge >= 0.3 is 0 Å². The third-order valence-electron chi connectivity index (χ3n) is 3.65. The number of nitrogens with zero attached hydrogens (tertiary/aromatic N) is 2. The Labute approximate surface area is 121 Å². The lowest BCUT2D eigenvalue weighted by molar-refractivity contribution is -0.132. The number of piperidine rings is 1. The molecule has 0 aromatic heterocycles. The Morgan fingerprint density at radius 3 is 2.90 bits per heavy atom. The zero-order valence-electron chi connectivity index (χ0n) is 11.4. The molecule has 1 amide bonds. The Bertz CT molecular complexity index is 563. The van der Waals surface area contributed by atoms with Crippen LogP contribution in [0.3, 0.4) is 0 Å². The minimum absolute atomic E-state index is 0.00355. The van der Waals surface area contributed by atoms with Crippen molar-refractivity contribution in [2.75, 3.05) is 6.54 Å². The van der Waals surface area contributed by atoms with Gasteiger partial charge in [0, 0.05) is 12.1 Å². The summed E-state index contributed by atoms with van der Waals surface area (Å²) in [5, 5.41) is 11.7. The van der Waals surface area contributed by atoms with Crippen LogP contribution < -0.4 is 5.73 Å². The summed E-state index contributed by atoms with van der Waals surface area (Å²) in [4.78, 5) is 13.8. The molecule has 1 saturated heterocycles. The molecule has 1 unspecified atom stereocenters. The molecule has 1 atom stereocenters. The van der Waals surface area contributed by atoms with E-state index in [-0.39, 0.29) is 23.7 Å². The fraction of sp³-hybridized carbons (Fsp3) is 0.429. The van der Waals surface area contributed by atoms with Crippen LogP contribution in [-0.4, -0.2) is 34.4 Å². The van der Waals surface area contributed by atoms with Gasteiger partial charge in [0.1, 0.15) is 0 Å². The van der Waals surface area contributed by atoms with Crippen molar-refractivity contribution >= 4 is 11.7 Å². The summed E-state index contributed by atoms with van der Waals surface area (Å²) in [6, 6.07) is 3.24. The first-order valence-corrected chi connectivity index (χ1v) is 6.74. The highest BCUT2D eigenvalue weighted by molar-refractivity contribution is 5.90. The van der Waals surface area contributed by atoms with Crippen molar-refractivity contribution in [2.24, 2.45) is 10.9 Å². The van der Waals surface area contributed by atoms with Gasteiger partial charge in [0.25, 0.3) is 0 Å². The fourth-order valence-electron chi connectivity index (χ4n) is 2.55. The average molecular weight is 297 g/mol. The molecule has 21 heavy (non-hydrogen) atoms. The van der Waals surface area contributed by atoms with Crippen molar-refractivity contribution in [1.82, 2.24) is 4.90 Å². The molecule has 0 bridgehead atoms. The largest absolute Gasteiger partial charge is 0.409 e. The Balaban J connectivity index is 2.16. The second kappa shape index (κ2) is 6.51. The van der Waals surface area contributed by atoms with E-state index in [4.69, 9.17) is 10.9 Å². The number of hydrogen-bond acceptors (Lipinski definition) is 3. The molecule has 0 radical (unpaired) electrons. The molecule has 0 spiro atoms. The summed E-state index contributed by atoms with van der Waals surface area (Å²) in [5.41, 5.74) is 5.60. The van der Waals surface area contributed by atoms with Gasteiger partial charge in [0.2, 0.25) is 5.91 Å². The van der Waals surface area contributed by atoms with Crippen LogP contribution in [-0.2, 0) is 11.2 Å². The third kappa shape index (κ3) is 3.29. The first-order valence-electron chi connectivity index (χ1n) is 6.74. The summed E-state index contributed by atoms with van der Waals surface area (Å²) in [6.45, 7) is 0.455. The third-order valence-corrected chi connectivity index (χ3v) is 3.65. The van der Waals surface area contributed by atoms with Crippen molar-refractivity contribution in [3.05, 3.63) is 35.4 Å². The maximum Gasteiger partial charge on any atom is 0.227 e. The number of oxime groups is 1. The zero-order valence-corrected chi connectivity index (χ0v) is 11.4. The topological polar surface area (TPSA) is 78.9 Å². The van der Waals surface area contributed by atoms with E-state index < -0.39 is 17.7 Å². The number of hydrogen-bond donors (Lipinski definition) is 2. The number of carbonyl (C=O) groups is 1. The molecule has 1 aromatic rings. The molecule has 0 aliphatic carbocycles. The van der Waals surface area contributed by atoms with Crippen LogP contribution in [0.2, 0.25) is 0 Å². The molecule has 3 N–H and O–H groups in total. The van der Waals surface area contributed by atoms with Gasteiger partial charge in [-0.2, -0.15) is 0 Å². The lowest BCUT2D eigenvalue weighted by Crippen LogP contribution is -2.51. The van der Waals surface area contributed by atoms with E-state index in [1.54, 1.807) is 0 Å². The molecule has 1 aliphatic heterocycles. The molecule has 5 nitrogen and oxygen atoms in total. The monoisotopic (exact) mass is 297 g/mol. The Morgan fingerprint density at radius 2 is 2.19 bits per heavy atom. The Morgan fingerprint density at radius 1 is 1.43 bits per heavy atom. The molecule has 7 heteroatoms. The quantitative estimate of drug-likeness (QED) is 0.385. The highest BCUT2D eigenvalue weighted by atomic mass is 19.2. The van der Waals surface area contributed by atoms with Gasteiger partial charge < -0.3 is 15.8 Å². The van der Waals surface area contributed by atoms with Gasteiger partial charge in [-0.15, -0.1) is 0 Å². The van der Waals surface area contributed by atoms with E-state index in [1.807, 2.05) is 0 Å². The lowest BCUT2D eigenvalue weighted by atomic mass is 10.00. The van der Waals surface area contributed by atoms with Crippen molar-refractivity contribution in [2.45, 2.75) is 31.7 Å². The van der Waals surface area contributed by atoms with E-state index in [0.717, 1.165) is 18.9 Å². The number of likely N-dealkylation sites (tertiary alicyclic amines) is 1. The minimum Gasteiger partial charge on any atom is -0.409 e. The first-order chi connectivity index (χ1) is 10.0. The molecule has 1 heterocycles. The zero-order chi connectivity index (χ0) is 15.4. The molecule has 1 aliphatic rings. The van der Waals surface area contributed by atoms with Crippen molar-refractivity contribution in [1.29, 1.82) is 0 Å². The van der Waals surface area contributed by atoms with Crippen molar-refractivity contribution in [3.63, 3.8) is 0 Å². The van der Waals surface area contributed by atoms with E-state index >= 15 is 0 Å². The van der Waals surface area contributed by atoms with E-state index in [1.165, 1.54) is 17.0 Å². The lowest BCUT2D eigenvalue weighted by Gasteiger charge is -2.35. The maximum absolute atomic E-state index is 13.6. The summed E-state index contributed by atoms with van der Waals surface area (Å²) in [5.74, 6) is -2.39. The van der Waals surface area contributed by atoms with Crippen LogP contribution in [0.5, 0.6) is 0 Å². The van der Waals surface area contributed by atoms with Crippen molar-refractivity contribution < 1.29 is 18.8 Å². The maximum atomic E-state index is 13.6. The normalized spacial score (nSPS) is 19.6. The molecular weight excluding hydrogens is 280 g/mol. The molecule has 0 saturated carbocycles. The minimum atomic E-state index is -1.01. The number of amides is 1. The molecule has 2 rings (SSSR count). The van der Waals surface area contributed by atoms with Crippen LogP contribution in [0.15, 0.2) is 23.4 Å². The second-order valence-corrected chi connectivity index (χ2v) is 5.01. The van der Waals surface area contributed by atoms with Gasteiger partial charge in [-0.05, 0) is 25.3 Å². The summed E-state index contributed by atoms with van der Waals surface area (Å²) < 4.78 is 26.8. The number of nitrogens with two attached hydrogens (primary N) is 1. The fourth-order valence-corrected chi connectivity index (χ4v) is 2.55. The highest BCUT2D eigenvalue weighted by Crippen LogP contribution is 2.20. The van der Waals surface area contributed by atoms with Crippen LogP contribution in [0.1, 0.15) is 24.8 Å². The second-order valence-electron chi connectivity index (χ2n) is 5.01. The van der Waals surface area contributed by atoms with Gasteiger partial charge in [-0.1, -0.05) is 17.3 Å². The van der Waals surface area contributed by atoms with Crippen LogP contribution in [0.4, 0.5) is 8.78 Å². The SMILES string of the molecule is N/C(=N/O)C1CCCCN1C(=O)Cc1cccc(F)c1F. The summed E-state index contributed by atoms with van der Waals surface area (Å²) in [7, 11) is 0. The molecule has 114 valence electrons. The van der Waals surface area contributed by atoms with E-state index in [9.17, 15) is 13.6 Å². The number of amidine groups is 1. The molecule has 1 aromatic carbocycles. The molecular formula is C14H17F2N3O2. The summed E-state index contributed by atoms with van der Waals surface area (Å²) in [6.07, 6.45) is 2.00. The number of halogens is 2. The average Bonchev–Trinajstić information content (AvgIpc) is 2.51. The Hall–Kier alpha value is -2.18. The van der Waals surface area contributed by atoms with E-state index in [0.29, 0.717) is 13.0 Å². The number of benzene rings is 1. The van der Waals surface area contributed by atoms with Gasteiger partial charge in [-0.3, -0.25) is 4.79 Å². The van der Waals surface area contributed by atoms with Gasteiger partial charge in [-0.25, -0.2) is 8.78 Å². The number of carbonyl (C=O) groups excluding carboxylic acids is 1. The highest BCUT2D eigenvalue weighted by Gasteiger charge is 2.30. The summed E-state index contributed by atoms with van der Waals surface area (Å²) >= 11 is 0. The van der Waals surface area contributed by atoms with Gasteiger partial charge in [0.05, 0.1) is 12.5 Å². The number of rotatable bonds is 3. The van der Waals surface area contributed by atoms with Crippen LogP contribution >= 0.6 is 0 Å². The Kier molecular flexibility index (Phi) is 4.72. The smallest absolute Gasteiger partial charge is 0.227 e. The van der Waals surface area contributed by atoms with Crippen LogP contribution in [0, 0.1) is 11.6 Å².